The highest BCUT2D eigenvalue weighted by atomic mass is 19.3. The number of rotatable bonds is 6. The first-order chi connectivity index (χ1) is 13.6. The Morgan fingerprint density at radius 1 is 1.31 bits per heavy atom. The molecule has 2 heterocycles. The van der Waals surface area contributed by atoms with Gasteiger partial charge in [0, 0.05) is 24.1 Å². The molecule has 2 aromatic heterocycles. The number of aromatic nitrogens is 2. The van der Waals surface area contributed by atoms with Crippen molar-refractivity contribution in [2.75, 3.05) is 6.61 Å². The highest BCUT2D eigenvalue weighted by molar-refractivity contribution is 5.96. The maximum absolute atomic E-state index is 13.0. The molecular weight excluding hydrogens is 380 g/mol. The number of aromatic hydroxyl groups is 1. The summed E-state index contributed by atoms with van der Waals surface area (Å²) < 4.78 is 31.0. The predicted molar refractivity (Wildman–Crippen MR) is 104 cm³/mol. The number of hydrogen-bond donors (Lipinski definition) is 2. The van der Waals surface area contributed by atoms with E-state index in [0.29, 0.717) is 16.6 Å². The summed E-state index contributed by atoms with van der Waals surface area (Å²) >= 11 is 0. The maximum atomic E-state index is 13.0. The molecule has 0 spiro atoms. The lowest BCUT2D eigenvalue weighted by molar-refractivity contribution is -0.0244. The molecule has 0 aliphatic rings. The lowest BCUT2D eigenvalue weighted by atomic mass is 10.1. The van der Waals surface area contributed by atoms with Crippen LogP contribution in [-0.2, 0) is 0 Å². The number of amides is 1. The van der Waals surface area contributed by atoms with E-state index >= 15 is 0 Å². The summed E-state index contributed by atoms with van der Waals surface area (Å²) in [6.07, 6.45) is 1.47. The number of ether oxygens (including phenoxy) is 1. The van der Waals surface area contributed by atoms with Crippen LogP contribution in [-0.4, -0.2) is 33.5 Å². The molecule has 3 rings (SSSR count). The molecule has 0 saturated heterocycles. The zero-order valence-corrected chi connectivity index (χ0v) is 16.2. The van der Waals surface area contributed by atoms with Crippen LogP contribution in [0.5, 0.6) is 11.6 Å². The van der Waals surface area contributed by atoms with Gasteiger partial charge in [0.15, 0.2) is 6.61 Å². The predicted octanol–water partition coefficient (Wildman–Crippen LogP) is 4.17. The SMILES string of the molecule is Cc1cc(C(C)NC(=O)c2ccc3cccc(O)c3n2)cnc1OCC(C)(F)F. The second-order valence-electron chi connectivity index (χ2n) is 6.99. The summed E-state index contributed by atoms with van der Waals surface area (Å²) in [5.41, 5.74) is 1.79. The molecule has 1 amide bonds. The van der Waals surface area contributed by atoms with E-state index in [2.05, 4.69) is 15.3 Å². The monoisotopic (exact) mass is 401 g/mol. The molecule has 1 atom stereocenters. The molecule has 29 heavy (non-hydrogen) atoms. The number of nitrogens with one attached hydrogen (secondary N) is 1. The molecule has 2 N–H and O–H groups in total. The van der Waals surface area contributed by atoms with Gasteiger partial charge in [0.1, 0.15) is 17.0 Å². The molecule has 0 fully saturated rings. The first-order valence-electron chi connectivity index (χ1n) is 9.01. The third-order valence-corrected chi connectivity index (χ3v) is 4.29. The van der Waals surface area contributed by atoms with Gasteiger partial charge in [-0.15, -0.1) is 0 Å². The number of fused-ring (bicyclic) bond motifs is 1. The topological polar surface area (TPSA) is 84.3 Å². The van der Waals surface area contributed by atoms with Crippen molar-refractivity contribution < 1.29 is 23.4 Å². The largest absolute Gasteiger partial charge is 0.506 e. The number of phenols is 1. The number of carbonyl (C=O) groups excluding carboxylic acids is 1. The van der Waals surface area contributed by atoms with E-state index in [1.807, 2.05) is 0 Å². The maximum Gasteiger partial charge on any atom is 0.278 e. The van der Waals surface area contributed by atoms with Crippen LogP contribution in [0.15, 0.2) is 42.6 Å². The van der Waals surface area contributed by atoms with Gasteiger partial charge in [-0.3, -0.25) is 4.79 Å². The van der Waals surface area contributed by atoms with Gasteiger partial charge >= 0.3 is 0 Å². The third-order valence-electron chi connectivity index (χ3n) is 4.29. The van der Waals surface area contributed by atoms with Gasteiger partial charge in [-0.25, -0.2) is 18.7 Å². The van der Waals surface area contributed by atoms with Crippen molar-refractivity contribution in [1.82, 2.24) is 15.3 Å². The molecule has 1 aromatic carbocycles. The first kappa shape index (κ1) is 20.4. The second kappa shape index (κ2) is 7.98. The Balaban J connectivity index is 1.72. The summed E-state index contributed by atoms with van der Waals surface area (Å²) in [5, 5.41) is 13.5. The quantitative estimate of drug-likeness (QED) is 0.648. The summed E-state index contributed by atoms with van der Waals surface area (Å²) in [7, 11) is 0. The molecule has 6 nitrogen and oxygen atoms in total. The standard InChI is InChI=1S/C21H21F2N3O3/c1-12-9-15(10-24-20(12)29-11-21(3,22)23)13(2)25-19(28)16-8-7-14-5-4-6-17(27)18(14)26-16/h4-10,13,27H,11H2,1-3H3,(H,25,28). The average Bonchev–Trinajstić information content (AvgIpc) is 2.66. The van der Waals surface area contributed by atoms with Crippen molar-refractivity contribution in [2.24, 2.45) is 0 Å². The number of para-hydroxylation sites is 1. The minimum Gasteiger partial charge on any atom is -0.506 e. The van der Waals surface area contributed by atoms with Gasteiger partial charge in [0.05, 0.1) is 6.04 Å². The molecule has 0 radical (unpaired) electrons. The van der Waals surface area contributed by atoms with E-state index in [9.17, 15) is 18.7 Å². The highest BCUT2D eigenvalue weighted by Crippen LogP contribution is 2.24. The van der Waals surface area contributed by atoms with Crippen molar-refractivity contribution in [1.29, 1.82) is 0 Å². The van der Waals surface area contributed by atoms with Gasteiger partial charge < -0.3 is 15.2 Å². The summed E-state index contributed by atoms with van der Waals surface area (Å²) in [6, 6.07) is 9.60. The van der Waals surface area contributed by atoms with E-state index in [0.717, 1.165) is 12.3 Å². The van der Waals surface area contributed by atoms with Gasteiger partial charge in [-0.1, -0.05) is 18.2 Å². The molecule has 0 bridgehead atoms. The molecule has 1 unspecified atom stereocenters. The van der Waals surface area contributed by atoms with Crippen LogP contribution in [0.4, 0.5) is 8.78 Å². The van der Waals surface area contributed by atoms with Crippen LogP contribution in [0, 0.1) is 6.92 Å². The Morgan fingerprint density at radius 3 is 2.76 bits per heavy atom. The van der Waals surface area contributed by atoms with Crippen LogP contribution in [0.2, 0.25) is 0 Å². The number of alkyl halides is 2. The summed E-state index contributed by atoms with van der Waals surface area (Å²) in [4.78, 5) is 20.9. The number of halogens is 2. The van der Waals surface area contributed by atoms with Crippen molar-refractivity contribution in [3.63, 3.8) is 0 Å². The normalized spacial score (nSPS) is 12.6. The Kier molecular flexibility index (Phi) is 5.63. The Labute approximate surface area is 166 Å². The average molecular weight is 401 g/mol. The van der Waals surface area contributed by atoms with E-state index in [1.165, 1.54) is 12.3 Å². The zero-order chi connectivity index (χ0) is 21.2. The van der Waals surface area contributed by atoms with Crippen molar-refractivity contribution in [2.45, 2.75) is 32.7 Å². The smallest absolute Gasteiger partial charge is 0.278 e. The number of pyridine rings is 2. The Morgan fingerprint density at radius 2 is 2.07 bits per heavy atom. The lowest BCUT2D eigenvalue weighted by Gasteiger charge is -2.17. The van der Waals surface area contributed by atoms with Gasteiger partial charge in [0.25, 0.3) is 11.8 Å². The van der Waals surface area contributed by atoms with E-state index in [-0.39, 0.29) is 17.3 Å². The number of aryl methyl sites for hydroxylation is 1. The highest BCUT2D eigenvalue weighted by Gasteiger charge is 2.23. The van der Waals surface area contributed by atoms with Gasteiger partial charge in [-0.2, -0.15) is 0 Å². The van der Waals surface area contributed by atoms with Gasteiger partial charge in [0.2, 0.25) is 5.88 Å². The van der Waals surface area contributed by atoms with E-state index in [1.54, 1.807) is 44.2 Å². The Bertz CT molecular complexity index is 1050. The first-order valence-corrected chi connectivity index (χ1v) is 9.01. The fraction of sp³-hybridized carbons (Fsp3) is 0.286. The number of carbonyl (C=O) groups is 1. The molecular formula is C21H21F2N3O3. The molecule has 3 aromatic rings. The minimum absolute atomic E-state index is 0.00160. The molecule has 152 valence electrons. The number of hydrogen-bond acceptors (Lipinski definition) is 5. The second-order valence-corrected chi connectivity index (χ2v) is 6.99. The summed E-state index contributed by atoms with van der Waals surface area (Å²) in [5.74, 6) is -3.24. The number of benzene rings is 1. The fourth-order valence-corrected chi connectivity index (χ4v) is 2.78. The minimum atomic E-state index is -2.95. The van der Waals surface area contributed by atoms with Crippen LogP contribution < -0.4 is 10.1 Å². The van der Waals surface area contributed by atoms with Crippen LogP contribution >= 0.6 is 0 Å². The number of phenolic OH excluding ortho intramolecular Hbond substituents is 1. The lowest BCUT2D eigenvalue weighted by Crippen LogP contribution is -2.27. The molecule has 0 saturated carbocycles. The molecule has 8 heteroatoms. The van der Waals surface area contributed by atoms with Crippen LogP contribution in [0.3, 0.4) is 0 Å². The van der Waals surface area contributed by atoms with Crippen molar-refractivity contribution in [3.05, 3.63) is 59.4 Å². The van der Waals surface area contributed by atoms with Crippen LogP contribution in [0.25, 0.3) is 10.9 Å². The number of nitrogens with zero attached hydrogens (tertiary/aromatic N) is 2. The van der Waals surface area contributed by atoms with E-state index in [4.69, 9.17) is 4.74 Å². The Hall–Kier alpha value is -3.29. The van der Waals surface area contributed by atoms with Crippen LogP contribution in [0.1, 0.15) is 41.5 Å². The summed E-state index contributed by atoms with van der Waals surface area (Å²) in [6.45, 7) is 3.48. The molecule has 0 aliphatic heterocycles. The van der Waals surface area contributed by atoms with Gasteiger partial charge in [-0.05, 0) is 37.6 Å². The fourth-order valence-electron chi connectivity index (χ4n) is 2.78. The van der Waals surface area contributed by atoms with E-state index < -0.39 is 24.5 Å². The van der Waals surface area contributed by atoms with Crippen molar-refractivity contribution >= 4 is 16.8 Å². The molecule has 0 aliphatic carbocycles. The zero-order valence-electron chi connectivity index (χ0n) is 16.2. The third kappa shape index (κ3) is 4.96. The van der Waals surface area contributed by atoms with Crippen molar-refractivity contribution in [3.8, 4) is 11.6 Å².